The third-order valence-corrected chi connectivity index (χ3v) is 4.04. The molecule has 0 saturated carbocycles. The molecule has 2 aromatic heterocycles. The van der Waals surface area contributed by atoms with Gasteiger partial charge >= 0.3 is 0 Å². The Kier molecular flexibility index (Phi) is 6.42. The molecule has 3 heterocycles. The summed E-state index contributed by atoms with van der Waals surface area (Å²) in [4.78, 5) is 12.6. The summed E-state index contributed by atoms with van der Waals surface area (Å²) in [5.41, 5.74) is 2.45. The molecule has 0 bridgehead atoms. The van der Waals surface area contributed by atoms with Crippen LogP contribution in [-0.4, -0.2) is 36.4 Å². The van der Waals surface area contributed by atoms with Crippen molar-refractivity contribution in [1.82, 2.24) is 20.8 Å². The summed E-state index contributed by atoms with van der Waals surface area (Å²) in [7, 11) is 1.64. The minimum Gasteiger partial charge on any atom is -0.464 e. The maximum Gasteiger partial charge on any atom is 0.272 e. The van der Waals surface area contributed by atoms with Crippen molar-refractivity contribution in [2.24, 2.45) is 0 Å². The van der Waals surface area contributed by atoms with E-state index in [9.17, 15) is 4.79 Å². The average Bonchev–Trinajstić information content (AvgIpc) is 3.17. The number of amides is 1. The van der Waals surface area contributed by atoms with Crippen molar-refractivity contribution in [3.05, 3.63) is 40.6 Å². The zero-order valence-corrected chi connectivity index (χ0v) is 14.7. The fraction of sp³-hybridized carbons (Fsp3) is 0.500. The van der Waals surface area contributed by atoms with Crippen LogP contribution in [0.25, 0.3) is 0 Å². The van der Waals surface area contributed by atoms with E-state index in [1.54, 1.807) is 7.11 Å². The van der Waals surface area contributed by atoms with E-state index in [1.165, 1.54) is 0 Å². The first-order valence-electron chi connectivity index (χ1n) is 7.82. The maximum absolute atomic E-state index is 12.6. The first kappa shape index (κ1) is 18.5. The lowest BCUT2D eigenvalue weighted by atomic mass is 10.1. The first-order chi connectivity index (χ1) is 11.2. The molecule has 1 aliphatic heterocycles. The van der Waals surface area contributed by atoms with Crippen molar-refractivity contribution in [2.75, 3.05) is 20.3 Å². The van der Waals surface area contributed by atoms with Crippen LogP contribution in [0.3, 0.4) is 0 Å². The molecule has 3 N–H and O–H groups in total. The van der Waals surface area contributed by atoms with Crippen molar-refractivity contribution in [1.29, 1.82) is 0 Å². The van der Waals surface area contributed by atoms with Crippen molar-refractivity contribution < 1.29 is 13.9 Å². The zero-order valence-electron chi connectivity index (χ0n) is 13.8. The quantitative estimate of drug-likeness (QED) is 0.736. The highest BCUT2D eigenvalue weighted by molar-refractivity contribution is 5.94. The number of aryl methyl sites for hydroxylation is 1. The Morgan fingerprint density at radius 2 is 2.33 bits per heavy atom. The largest absolute Gasteiger partial charge is 0.464 e. The highest BCUT2D eigenvalue weighted by Gasteiger charge is 2.25. The Labute approximate surface area is 146 Å². The second-order valence-corrected chi connectivity index (χ2v) is 5.71. The molecule has 0 radical (unpaired) electrons. The van der Waals surface area contributed by atoms with E-state index in [2.05, 4.69) is 20.8 Å². The summed E-state index contributed by atoms with van der Waals surface area (Å²) in [6, 6.07) is 3.54. The van der Waals surface area contributed by atoms with Gasteiger partial charge in [0.05, 0.1) is 6.04 Å². The van der Waals surface area contributed by atoms with E-state index < -0.39 is 0 Å². The Morgan fingerprint density at radius 1 is 1.50 bits per heavy atom. The van der Waals surface area contributed by atoms with Crippen LogP contribution < -0.4 is 10.6 Å². The van der Waals surface area contributed by atoms with Crippen LogP contribution in [-0.2, 0) is 17.7 Å². The summed E-state index contributed by atoms with van der Waals surface area (Å²) < 4.78 is 10.8. The summed E-state index contributed by atoms with van der Waals surface area (Å²) in [5.74, 6) is 1.36. The molecule has 1 aliphatic rings. The van der Waals surface area contributed by atoms with Crippen LogP contribution in [0.15, 0.2) is 16.5 Å². The molecule has 2 aromatic rings. The molecule has 0 aromatic carbocycles. The molecule has 1 unspecified atom stereocenters. The molecule has 0 spiro atoms. The number of aromatic nitrogens is 2. The van der Waals surface area contributed by atoms with E-state index in [4.69, 9.17) is 9.15 Å². The molecule has 132 valence electrons. The number of rotatable bonds is 6. The third-order valence-electron chi connectivity index (χ3n) is 4.04. The molecular formula is C16H23ClN4O3. The van der Waals surface area contributed by atoms with Crippen LogP contribution >= 0.6 is 12.4 Å². The molecule has 24 heavy (non-hydrogen) atoms. The van der Waals surface area contributed by atoms with Crippen LogP contribution in [0.1, 0.15) is 45.7 Å². The lowest BCUT2D eigenvalue weighted by molar-refractivity contribution is 0.0910. The topological polar surface area (TPSA) is 92.2 Å². The summed E-state index contributed by atoms with van der Waals surface area (Å²) in [6.45, 7) is 3.98. The number of halogens is 1. The zero-order chi connectivity index (χ0) is 16.2. The smallest absolute Gasteiger partial charge is 0.272 e. The number of nitrogens with one attached hydrogen (secondary N) is 3. The Hall–Kier alpha value is -1.83. The van der Waals surface area contributed by atoms with E-state index in [0.717, 1.165) is 35.7 Å². The number of fused-ring (bicyclic) bond motifs is 1. The highest BCUT2D eigenvalue weighted by atomic mass is 35.5. The normalized spacial score (nSPS) is 14.6. The van der Waals surface area contributed by atoms with E-state index in [1.807, 2.05) is 19.1 Å². The number of ether oxygens (including phenoxy) is 1. The van der Waals surface area contributed by atoms with Gasteiger partial charge in [0.2, 0.25) is 0 Å². The summed E-state index contributed by atoms with van der Waals surface area (Å²) in [5, 5.41) is 13.4. The SMILES string of the molecule is COCCC(NC(=O)c1n[nH]c2c1CNCC2)c1ccc(C)o1.Cl. The number of carbonyl (C=O) groups excluding carboxylic acids is 1. The van der Waals surface area contributed by atoms with Gasteiger partial charge in [0.15, 0.2) is 5.69 Å². The molecule has 0 aliphatic carbocycles. The molecule has 8 heteroatoms. The van der Waals surface area contributed by atoms with E-state index in [0.29, 0.717) is 25.3 Å². The molecule has 1 amide bonds. The van der Waals surface area contributed by atoms with Gasteiger partial charge in [-0.3, -0.25) is 9.89 Å². The second-order valence-electron chi connectivity index (χ2n) is 5.71. The molecule has 1 atom stereocenters. The van der Waals surface area contributed by atoms with Crippen molar-refractivity contribution in [3.8, 4) is 0 Å². The lowest BCUT2D eigenvalue weighted by Gasteiger charge is -2.17. The number of nitrogens with zero attached hydrogens (tertiary/aromatic N) is 1. The van der Waals surface area contributed by atoms with E-state index >= 15 is 0 Å². The monoisotopic (exact) mass is 354 g/mol. The molecule has 7 nitrogen and oxygen atoms in total. The molecule has 0 saturated heterocycles. The van der Waals surface area contributed by atoms with Gasteiger partial charge in [-0.25, -0.2) is 0 Å². The molecule has 3 rings (SSSR count). The number of furan rings is 1. The fourth-order valence-corrected chi connectivity index (χ4v) is 2.80. The number of methoxy groups -OCH3 is 1. The van der Waals surface area contributed by atoms with Crippen LogP contribution in [0.5, 0.6) is 0 Å². The van der Waals surface area contributed by atoms with Gasteiger partial charge in [0.25, 0.3) is 5.91 Å². The van der Waals surface area contributed by atoms with Crippen LogP contribution in [0, 0.1) is 6.92 Å². The van der Waals surface area contributed by atoms with Crippen molar-refractivity contribution in [3.63, 3.8) is 0 Å². The van der Waals surface area contributed by atoms with Gasteiger partial charge in [-0.05, 0) is 25.5 Å². The predicted molar refractivity (Wildman–Crippen MR) is 91.4 cm³/mol. The summed E-state index contributed by atoms with van der Waals surface area (Å²) >= 11 is 0. The molecule has 0 fully saturated rings. The van der Waals surface area contributed by atoms with Crippen LogP contribution in [0.4, 0.5) is 0 Å². The standard InChI is InChI=1S/C16H22N4O3.ClH/c1-10-3-4-14(23-10)13(6-8-22-2)18-16(21)15-11-9-17-7-5-12(11)19-20-15;/h3-4,13,17H,5-9H2,1-2H3,(H,18,21)(H,19,20);1H. The number of carbonyl (C=O) groups is 1. The van der Waals surface area contributed by atoms with Gasteiger partial charge < -0.3 is 19.8 Å². The number of hydrogen-bond acceptors (Lipinski definition) is 5. The predicted octanol–water partition coefficient (Wildman–Crippen LogP) is 1.89. The third kappa shape index (κ3) is 3.98. The number of aromatic amines is 1. The van der Waals surface area contributed by atoms with E-state index in [-0.39, 0.29) is 24.4 Å². The Bertz CT molecular complexity index is 683. The number of hydrogen-bond donors (Lipinski definition) is 3. The first-order valence-corrected chi connectivity index (χ1v) is 7.82. The Balaban J connectivity index is 0.00000208. The van der Waals surface area contributed by atoms with Gasteiger partial charge in [-0.15, -0.1) is 12.4 Å². The van der Waals surface area contributed by atoms with Crippen molar-refractivity contribution >= 4 is 18.3 Å². The minimum atomic E-state index is -0.236. The second kappa shape index (κ2) is 8.32. The van der Waals surface area contributed by atoms with Crippen molar-refractivity contribution in [2.45, 2.75) is 32.4 Å². The van der Waals surface area contributed by atoms with Crippen LogP contribution in [0.2, 0.25) is 0 Å². The summed E-state index contributed by atoms with van der Waals surface area (Å²) in [6.07, 6.45) is 1.50. The number of H-pyrrole nitrogens is 1. The van der Waals surface area contributed by atoms with Gasteiger partial charge in [-0.1, -0.05) is 0 Å². The Morgan fingerprint density at radius 3 is 3.04 bits per heavy atom. The molecular weight excluding hydrogens is 332 g/mol. The fourth-order valence-electron chi connectivity index (χ4n) is 2.80. The van der Waals surface area contributed by atoms with Gasteiger partial charge in [-0.2, -0.15) is 5.10 Å². The average molecular weight is 355 g/mol. The highest BCUT2D eigenvalue weighted by Crippen LogP contribution is 2.21. The van der Waals surface area contributed by atoms with Gasteiger partial charge in [0.1, 0.15) is 11.5 Å². The lowest BCUT2D eigenvalue weighted by Crippen LogP contribution is -2.31. The minimum absolute atomic E-state index is 0. The maximum atomic E-state index is 12.6. The van der Waals surface area contributed by atoms with Gasteiger partial charge in [0, 0.05) is 44.5 Å².